The van der Waals surface area contributed by atoms with Crippen LogP contribution in [0.5, 0.6) is 0 Å². The third-order valence-corrected chi connectivity index (χ3v) is 4.10. The molecule has 4 heteroatoms. The van der Waals surface area contributed by atoms with E-state index < -0.39 is 0 Å². The molecule has 1 atom stereocenters. The lowest BCUT2D eigenvalue weighted by Crippen LogP contribution is -2.37. The molecule has 1 fully saturated rings. The fourth-order valence-electron chi connectivity index (χ4n) is 3.10. The Morgan fingerprint density at radius 3 is 3.11 bits per heavy atom. The van der Waals surface area contributed by atoms with E-state index in [2.05, 4.69) is 11.0 Å². The highest BCUT2D eigenvalue weighted by Crippen LogP contribution is 2.29. The highest BCUT2D eigenvalue weighted by molar-refractivity contribution is 5.60. The molecule has 1 aliphatic carbocycles. The van der Waals surface area contributed by atoms with Crippen molar-refractivity contribution >= 4 is 12.1 Å². The molecule has 0 bridgehead atoms. The summed E-state index contributed by atoms with van der Waals surface area (Å²) in [5.41, 5.74) is 3.03. The zero-order valence-electron chi connectivity index (χ0n) is 10.9. The van der Waals surface area contributed by atoms with Crippen LogP contribution in [-0.4, -0.2) is 24.4 Å². The molecule has 4 nitrogen and oxygen atoms in total. The molecule has 1 aromatic rings. The van der Waals surface area contributed by atoms with Crippen LogP contribution >= 0.6 is 0 Å². The molecule has 0 aromatic carbocycles. The summed E-state index contributed by atoms with van der Waals surface area (Å²) in [6.45, 7) is 1.59. The molecule has 19 heavy (non-hydrogen) atoms. The van der Waals surface area contributed by atoms with Crippen LogP contribution in [0.1, 0.15) is 36.1 Å². The lowest BCUT2D eigenvalue weighted by Gasteiger charge is -2.32. The maximum atomic E-state index is 11.0. The van der Waals surface area contributed by atoms with Crippen LogP contribution in [-0.2, 0) is 17.6 Å². The molecule has 0 saturated carbocycles. The SMILES string of the molecule is N#Cc1cc2c(nc1N1CCCC(C=O)C1)CCC2. The van der Waals surface area contributed by atoms with E-state index in [1.54, 1.807) is 0 Å². The number of hydrogen-bond acceptors (Lipinski definition) is 4. The average Bonchev–Trinajstić information content (AvgIpc) is 2.93. The Bertz CT molecular complexity index is 547. The van der Waals surface area contributed by atoms with Gasteiger partial charge in [0, 0.05) is 24.7 Å². The molecular formula is C15H17N3O. The monoisotopic (exact) mass is 255 g/mol. The van der Waals surface area contributed by atoms with E-state index in [1.165, 1.54) is 5.56 Å². The Labute approximate surface area is 113 Å². The van der Waals surface area contributed by atoms with Crippen LogP contribution < -0.4 is 4.90 Å². The van der Waals surface area contributed by atoms with Gasteiger partial charge in [-0.1, -0.05) is 0 Å². The van der Waals surface area contributed by atoms with Crippen LogP contribution in [0, 0.1) is 17.2 Å². The van der Waals surface area contributed by atoms with Gasteiger partial charge in [-0.15, -0.1) is 0 Å². The smallest absolute Gasteiger partial charge is 0.146 e. The first-order chi connectivity index (χ1) is 9.31. The van der Waals surface area contributed by atoms with Crippen molar-refractivity contribution in [2.24, 2.45) is 5.92 Å². The summed E-state index contributed by atoms with van der Waals surface area (Å²) >= 11 is 0. The van der Waals surface area contributed by atoms with E-state index in [1.807, 2.05) is 6.07 Å². The summed E-state index contributed by atoms with van der Waals surface area (Å²) in [7, 11) is 0. The second-order valence-electron chi connectivity index (χ2n) is 5.42. The van der Waals surface area contributed by atoms with Gasteiger partial charge in [-0.25, -0.2) is 4.98 Å². The van der Waals surface area contributed by atoms with Gasteiger partial charge in [0.25, 0.3) is 0 Å². The van der Waals surface area contributed by atoms with Gasteiger partial charge >= 0.3 is 0 Å². The van der Waals surface area contributed by atoms with Crippen molar-refractivity contribution < 1.29 is 4.79 Å². The lowest BCUT2D eigenvalue weighted by molar-refractivity contribution is -0.111. The molecule has 0 spiro atoms. The number of nitriles is 1. The fraction of sp³-hybridized carbons (Fsp3) is 0.533. The van der Waals surface area contributed by atoms with Crippen molar-refractivity contribution in [1.29, 1.82) is 5.26 Å². The molecule has 3 rings (SSSR count). The zero-order valence-corrected chi connectivity index (χ0v) is 10.9. The number of hydrogen-bond donors (Lipinski definition) is 0. The number of pyridine rings is 1. The molecule has 1 saturated heterocycles. The van der Waals surface area contributed by atoms with Gasteiger partial charge in [0.2, 0.25) is 0 Å². The van der Waals surface area contributed by atoms with Crippen LogP contribution in [0.4, 0.5) is 5.82 Å². The number of rotatable bonds is 2. The van der Waals surface area contributed by atoms with Gasteiger partial charge < -0.3 is 9.69 Å². The molecule has 0 radical (unpaired) electrons. The summed E-state index contributed by atoms with van der Waals surface area (Å²) in [6, 6.07) is 4.26. The first-order valence-electron chi connectivity index (χ1n) is 6.95. The van der Waals surface area contributed by atoms with E-state index in [0.717, 1.165) is 56.4 Å². The summed E-state index contributed by atoms with van der Waals surface area (Å²) < 4.78 is 0. The van der Waals surface area contributed by atoms with Crippen LogP contribution in [0.3, 0.4) is 0 Å². The minimum absolute atomic E-state index is 0.0790. The van der Waals surface area contributed by atoms with Crippen molar-refractivity contribution in [3.8, 4) is 6.07 Å². The van der Waals surface area contributed by atoms with E-state index in [4.69, 9.17) is 4.98 Å². The number of aryl methyl sites for hydroxylation is 2. The Hall–Kier alpha value is -1.89. The summed E-state index contributed by atoms with van der Waals surface area (Å²) in [5, 5.41) is 9.32. The minimum atomic E-state index is 0.0790. The molecule has 1 unspecified atom stereocenters. The quantitative estimate of drug-likeness (QED) is 0.757. The molecular weight excluding hydrogens is 238 g/mol. The van der Waals surface area contributed by atoms with Gasteiger partial charge in [-0.05, 0) is 43.7 Å². The van der Waals surface area contributed by atoms with Crippen molar-refractivity contribution in [3.63, 3.8) is 0 Å². The van der Waals surface area contributed by atoms with Gasteiger partial charge in [-0.2, -0.15) is 5.26 Å². The van der Waals surface area contributed by atoms with Crippen molar-refractivity contribution in [3.05, 3.63) is 22.9 Å². The first kappa shape index (κ1) is 12.2. The molecule has 0 N–H and O–H groups in total. The number of fused-ring (bicyclic) bond motifs is 1. The summed E-state index contributed by atoms with van der Waals surface area (Å²) in [6.07, 6.45) is 6.16. The largest absolute Gasteiger partial charge is 0.355 e. The number of aldehydes is 1. The summed E-state index contributed by atoms with van der Waals surface area (Å²) in [5.74, 6) is 0.866. The molecule has 1 aromatic heterocycles. The van der Waals surface area contributed by atoms with Gasteiger partial charge in [0.1, 0.15) is 18.2 Å². The van der Waals surface area contributed by atoms with E-state index in [-0.39, 0.29) is 5.92 Å². The maximum Gasteiger partial charge on any atom is 0.146 e. The van der Waals surface area contributed by atoms with Gasteiger partial charge in [0.15, 0.2) is 0 Å². The molecule has 2 aliphatic rings. The number of nitrogens with zero attached hydrogens (tertiary/aromatic N) is 3. The standard InChI is InChI=1S/C15H17N3O/c16-8-13-7-12-4-1-5-14(12)17-15(13)18-6-2-3-11(9-18)10-19/h7,10-11H,1-6,9H2. The van der Waals surface area contributed by atoms with Gasteiger partial charge in [-0.3, -0.25) is 0 Å². The molecule has 1 aliphatic heterocycles. The minimum Gasteiger partial charge on any atom is -0.355 e. The van der Waals surface area contributed by atoms with Crippen LogP contribution in [0.25, 0.3) is 0 Å². The van der Waals surface area contributed by atoms with Crippen molar-refractivity contribution in [2.45, 2.75) is 32.1 Å². The Balaban J connectivity index is 1.95. The summed E-state index contributed by atoms with van der Waals surface area (Å²) in [4.78, 5) is 17.8. The Kier molecular flexibility index (Phi) is 3.20. The normalized spacial score (nSPS) is 21.8. The Morgan fingerprint density at radius 1 is 1.42 bits per heavy atom. The zero-order chi connectivity index (χ0) is 13.2. The van der Waals surface area contributed by atoms with Crippen molar-refractivity contribution in [1.82, 2.24) is 4.98 Å². The number of carbonyl (C=O) groups is 1. The predicted octanol–water partition coefficient (Wildman–Crippen LogP) is 1.86. The molecule has 0 amide bonds. The lowest BCUT2D eigenvalue weighted by atomic mass is 9.99. The Morgan fingerprint density at radius 2 is 2.32 bits per heavy atom. The molecule has 98 valence electrons. The fourth-order valence-corrected chi connectivity index (χ4v) is 3.10. The molecule has 2 heterocycles. The second-order valence-corrected chi connectivity index (χ2v) is 5.42. The van der Waals surface area contributed by atoms with Crippen LogP contribution in [0.2, 0.25) is 0 Å². The second kappa shape index (κ2) is 5.00. The highest BCUT2D eigenvalue weighted by Gasteiger charge is 2.24. The van der Waals surface area contributed by atoms with E-state index in [0.29, 0.717) is 12.1 Å². The van der Waals surface area contributed by atoms with Gasteiger partial charge in [0.05, 0.1) is 5.56 Å². The third-order valence-electron chi connectivity index (χ3n) is 4.10. The average molecular weight is 255 g/mol. The van der Waals surface area contributed by atoms with Crippen LogP contribution in [0.15, 0.2) is 6.07 Å². The number of carbonyl (C=O) groups excluding carboxylic acids is 1. The number of piperidine rings is 1. The maximum absolute atomic E-state index is 11.0. The first-order valence-corrected chi connectivity index (χ1v) is 6.95. The van der Waals surface area contributed by atoms with E-state index in [9.17, 15) is 10.1 Å². The topological polar surface area (TPSA) is 57.0 Å². The highest BCUT2D eigenvalue weighted by atomic mass is 16.1. The number of aromatic nitrogens is 1. The van der Waals surface area contributed by atoms with Crippen molar-refractivity contribution in [2.75, 3.05) is 18.0 Å². The van der Waals surface area contributed by atoms with E-state index >= 15 is 0 Å². The number of anilines is 1. The predicted molar refractivity (Wildman–Crippen MR) is 72.0 cm³/mol. The third kappa shape index (κ3) is 2.21.